The van der Waals surface area contributed by atoms with E-state index in [1.54, 1.807) is 0 Å². The minimum atomic E-state index is -0.268. The minimum absolute atomic E-state index is 0.0433. The van der Waals surface area contributed by atoms with Crippen molar-refractivity contribution in [3.8, 4) is 0 Å². The maximum Gasteiger partial charge on any atom is 0.238 e. The number of anilines is 1. The van der Waals surface area contributed by atoms with Crippen molar-refractivity contribution in [1.29, 1.82) is 0 Å². The lowest BCUT2D eigenvalue weighted by molar-refractivity contribution is -0.125. The number of para-hydroxylation sites is 1. The first-order chi connectivity index (χ1) is 10.5. The monoisotopic (exact) mass is 303 g/mol. The van der Waals surface area contributed by atoms with Gasteiger partial charge in [-0.2, -0.15) is 0 Å². The lowest BCUT2D eigenvalue weighted by atomic mass is 9.97. The largest absolute Gasteiger partial charge is 0.369 e. The number of likely N-dealkylation sites (tertiary alicyclic amines) is 1. The van der Waals surface area contributed by atoms with Gasteiger partial charge in [-0.15, -0.1) is 0 Å². The minimum Gasteiger partial charge on any atom is -0.369 e. The zero-order valence-corrected chi connectivity index (χ0v) is 13.3. The molecule has 1 aliphatic heterocycles. The SMILES string of the molecule is CC(C)c1ccccc1NC(=O)CN1CCC[C@H](C(N)=O)C1. The predicted octanol–water partition coefficient (Wildman–Crippen LogP) is 1.95. The summed E-state index contributed by atoms with van der Waals surface area (Å²) < 4.78 is 0. The van der Waals surface area contributed by atoms with Crippen LogP contribution in [0.1, 0.15) is 38.2 Å². The Balaban J connectivity index is 1.94. The first kappa shape index (κ1) is 16.5. The van der Waals surface area contributed by atoms with Crippen LogP contribution < -0.4 is 11.1 Å². The molecule has 1 atom stereocenters. The van der Waals surface area contributed by atoms with Crippen molar-refractivity contribution in [1.82, 2.24) is 4.90 Å². The molecular weight excluding hydrogens is 278 g/mol. The fraction of sp³-hybridized carbons (Fsp3) is 0.529. The topological polar surface area (TPSA) is 75.4 Å². The van der Waals surface area contributed by atoms with Gasteiger partial charge in [-0.3, -0.25) is 14.5 Å². The number of benzene rings is 1. The second-order valence-electron chi connectivity index (χ2n) is 6.27. The molecule has 0 spiro atoms. The molecule has 0 aliphatic carbocycles. The summed E-state index contributed by atoms with van der Waals surface area (Å²) in [6.45, 7) is 5.92. The number of carbonyl (C=O) groups excluding carboxylic acids is 2. The molecule has 120 valence electrons. The third-order valence-corrected chi connectivity index (χ3v) is 4.13. The number of piperidine rings is 1. The standard InChI is InChI=1S/C17H25N3O2/c1-12(2)14-7-3-4-8-15(14)19-16(21)11-20-9-5-6-13(10-20)17(18)22/h3-4,7-8,12-13H,5-6,9-11H2,1-2H3,(H2,18,22)(H,19,21)/t13-/m0/s1. The van der Waals surface area contributed by atoms with Gasteiger partial charge in [-0.1, -0.05) is 32.0 Å². The summed E-state index contributed by atoms with van der Waals surface area (Å²) in [7, 11) is 0. The van der Waals surface area contributed by atoms with Gasteiger partial charge >= 0.3 is 0 Å². The Bertz CT molecular complexity index is 542. The molecule has 0 radical (unpaired) electrons. The quantitative estimate of drug-likeness (QED) is 0.873. The van der Waals surface area contributed by atoms with Gasteiger partial charge in [0, 0.05) is 12.2 Å². The molecule has 5 nitrogen and oxygen atoms in total. The van der Waals surface area contributed by atoms with Crippen molar-refractivity contribution in [2.45, 2.75) is 32.6 Å². The number of hydrogen-bond acceptors (Lipinski definition) is 3. The van der Waals surface area contributed by atoms with E-state index in [0.717, 1.165) is 30.6 Å². The van der Waals surface area contributed by atoms with Crippen LogP contribution in [0.5, 0.6) is 0 Å². The number of nitrogens with zero attached hydrogens (tertiary/aromatic N) is 1. The zero-order chi connectivity index (χ0) is 16.1. The summed E-state index contributed by atoms with van der Waals surface area (Å²) in [4.78, 5) is 25.6. The maximum atomic E-state index is 12.3. The molecule has 1 heterocycles. The third kappa shape index (κ3) is 4.31. The van der Waals surface area contributed by atoms with Crippen molar-refractivity contribution < 1.29 is 9.59 Å². The normalized spacial score (nSPS) is 19.1. The van der Waals surface area contributed by atoms with Crippen LogP contribution in [0.2, 0.25) is 0 Å². The summed E-state index contributed by atoms with van der Waals surface area (Å²) in [5, 5.41) is 2.99. The predicted molar refractivity (Wildman–Crippen MR) is 87.5 cm³/mol. The molecule has 1 aliphatic rings. The van der Waals surface area contributed by atoms with Crippen molar-refractivity contribution in [2.24, 2.45) is 11.7 Å². The Hall–Kier alpha value is -1.88. The second kappa shape index (κ2) is 7.40. The molecule has 1 aromatic carbocycles. The van der Waals surface area contributed by atoms with Crippen LogP contribution in [0, 0.1) is 5.92 Å². The highest BCUT2D eigenvalue weighted by Gasteiger charge is 2.25. The first-order valence-electron chi connectivity index (χ1n) is 7.88. The van der Waals surface area contributed by atoms with E-state index in [1.165, 1.54) is 0 Å². The molecule has 0 bridgehead atoms. The Labute approximate surface area is 131 Å². The maximum absolute atomic E-state index is 12.3. The van der Waals surface area contributed by atoms with E-state index in [1.807, 2.05) is 29.2 Å². The van der Waals surface area contributed by atoms with Gasteiger partial charge in [0.2, 0.25) is 11.8 Å². The summed E-state index contributed by atoms with van der Waals surface area (Å²) in [6, 6.07) is 7.86. The van der Waals surface area contributed by atoms with Crippen LogP contribution in [0.3, 0.4) is 0 Å². The highest BCUT2D eigenvalue weighted by Crippen LogP contribution is 2.23. The number of rotatable bonds is 5. The molecule has 22 heavy (non-hydrogen) atoms. The summed E-state index contributed by atoms with van der Waals surface area (Å²) >= 11 is 0. The molecule has 1 aromatic rings. The molecule has 0 aromatic heterocycles. The van der Waals surface area contributed by atoms with E-state index >= 15 is 0 Å². The van der Waals surface area contributed by atoms with Crippen LogP contribution in [-0.4, -0.2) is 36.3 Å². The van der Waals surface area contributed by atoms with Crippen molar-refractivity contribution in [3.63, 3.8) is 0 Å². The Morgan fingerprint density at radius 2 is 2.09 bits per heavy atom. The molecule has 2 amide bonds. The number of primary amides is 1. The smallest absolute Gasteiger partial charge is 0.238 e. The molecule has 2 rings (SSSR count). The van der Waals surface area contributed by atoms with Gasteiger partial charge < -0.3 is 11.1 Å². The molecule has 0 saturated carbocycles. The van der Waals surface area contributed by atoms with Crippen LogP contribution in [0.4, 0.5) is 5.69 Å². The van der Waals surface area contributed by atoms with E-state index in [9.17, 15) is 9.59 Å². The number of nitrogens with one attached hydrogen (secondary N) is 1. The Morgan fingerprint density at radius 3 is 2.77 bits per heavy atom. The van der Waals surface area contributed by atoms with Crippen LogP contribution in [0.25, 0.3) is 0 Å². The molecule has 1 saturated heterocycles. The van der Waals surface area contributed by atoms with Crippen molar-refractivity contribution >= 4 is 17.5 Å². The molecule has 3 N–H and O–H groups in total. The first-order valence-corrected chi connectivity index (χ1v) is 7.88. The number of carbonyl (C=O) groups is 2. The van der Waals surface area contributed by atoms with E-state index in [2.05, 4.69) is 19.2 Å². The zero-order valence-electron chi connectivity index (χ0n) is 13.3. The van der Waals surface area contributed by atoms with E-state index in [0.29, 0.717) is 19.0 Å². The van der Waals surface area contributed by atoms with Gasteiger partial charge in [0.15, 0.2) is 0 Å². The van der Waals surface area contributed by atoms with E-state index in [4.69, 9.17) is 5.73 Å². The number of hydrogen-bond donors (Lipinski definition) is 2. The molecule has 5 heteroatoms. The van der Waals surface area contributed by atoms with E-state index in [-0.39, 0.29) is 17.7 Å². The van der Waals surface area contributed by atoms with Crippen molar-refractivity contribution in [3.05, 3.63) is 29.8 Å². The van der Waals surface area contributed by atoms with Gasteiger partial charge in [-0.05, 0) is 36.9 Å². The van der Waals surface area contributed by atoms with Crippen LogP contribution in [-0.2, 0) is 9.59 Å². The van der Waals surface area contributed by atoms with Crippen LogP contribution >= 0.6 is 0 Å². The van der Waals surface area contributed by atoms with Gasteiger partial charge in [-0.25, -0.2) is 0 Å². The Kier molecular flexibility index (Phi) is 5.55. The summed E-state index contributed by atoms with van der Waals surface area (Å²) in [5.41, 5.74) is 7.37. The highest BCUT2D eigenvalue weighted by molar-refractivity contribution is 5.93. The van der Waals surface area contributed by atoms with Gasteiger partial charge in [0.25, 0.3) is 0 Å². The summed E-state index contributed by atoms with van der Waals surface area (Å²) in [5.74, 6) is -0.0938. The molecule has 1 fully saturated rings. The van der Waals surface area contributed by atoms with Gasteiger partial charge in [0.05, 0.1) is 12.5 Å². The number of amides is 2. The number of nitrogens with two attached hydrogens (primary N) is 1. The van der Waals surface area contributed by atoms with Crippen LogP contribution in [0.15, 0.2) is 24.3 Å². The summed E-state index contributed by atoms with van der Waals surface area (Å²) in [6.07, 6.45) is 1.73. The molecule has 0 unspecified atom stereocenters. The average Bonchev–Trinajstić information content (AvgIpc) is 2.47. The lowest BCUT2D eigenvalue weighted by Gasteiger charge is -2.30. The lowest BCUT2D eigenvalue weighted by Crippen LogP contribution is -2.44. The van der Waals surface area contributed by atoms with Crippen molar-refractivity contribution in [2.75, 3.05) is 25.0 Å². The Morgan fingerprint density at radius 1 is 1.36 bits per heavy atom. The molecular formula is C17H25N3O2. The fourth-order valence-corrected chi connectivity index (χ4v) is 2.94. The van der Waals surface area contributed by atoms with Gasteiger partial charge in [0.1, 0.15) is 0 Å². The average molecular weight is 303 g/mol. The fourth-order valence-electron chi connectivity index (χ4n) is 2.94. The third-order valence-electron chi connectivity index (χ3n) is 4.13. The highest BCUT2D eigenvalue weighted by atomic mass is 16.2. The van der Waals surface area contributed by atoms with E-state index < -0.39 is 0 Å². The second-order valence-corrected chi connectivity index (χ2v) is 6.27.